The average Bonchev–Trinajstić information content (AvgIpc) is 3.01. The van der Waals surface area contributed by atoms with Gasteiger partial charge in [-0.05, 0) is 37.1 Å². The van der Waals surface area contributed by atoms with Gasteiger partial charge in [-0.1, -0.05) is 0 Å². The van der Waals surface area contributed by atoms with Crippen molar-refractivity contribution >= 4 is 23.6 Å². The molecule has 1 N–H and O–H groups in total. The first-order valence-corrected chi connectivity index (χ1v) is 8.27. The van der Waals surface area contributed by atoms with Crippen LogP contribution in [-0.4, -0.2) is 47.8 Å². The third-order valence-corrected chi connectivity index (χ3v) is 4.51. The van der Waals surface area contributed by atoms with Gasteiger partial charge < -0.3 is 10.2 Å². The van der Waals surface area contributed by atoms with Gasteiger partial charge in [0.1, 0.15) is 18.4 Å². The fourth-order valence-corrected chi connectivity index (χ4v) is 3.19. The third-order valence-electron chi connectivity index (χ3n) is 3.51. The Morgan fingerprint density at radius 2 is 1.92 bits per heavy atom. The predicted molar refractivity (Wildman–Crippen MR) is 80.9 cm³/mol. The Labute approximate surface area is 140 Å². The van der Waals surface area contributed by atoms with Gasteiger partial charge in [0, 0.05) is 11.4 Å². The van der Waals surface area contributed by atoms with E-state index in [0.717, 1.165) is 0 Å². The van der Waals surface area contributed by atoms with Crippen molar-refractivity contribution in [2.45, 2.75) is 30.0 Å². The highest BCUT2D eigenvalue weighted by Gasteiger charge is 2.36. The first kappa shape index (κ1) is 18.6. The quantitative estimate of drug-likeness (QED) is 0.645. The Kier molecular flexibility index (Phi) is 6.09. The van der Waals surface area contributed by atoms with Gasteiger partial charge >= 0.3 is 6.18 Å². The molecule has 1 aromatic carbocycles. The van der Waals surface area contributed by atoms with E-state index in [1.54, 1.807) is 0 Å². The van der Waals surface area contributed by atoms with E-state index < -0.39 is 24.7 Å². The number of hydrogen-bond acceptors (Lipinski definition) is 3. The molecule has 132 valence electrons. The number of halogens is 4. The molecule has 0 spiro atoms. The van der Waals surface area contributed by atoms with Gasteiger partial charge in [-0.25, -0.2) is 4.39 Å². The Hall–Kier alpha value is -1.77. The molecule has 0 aromatic heterocycles. The number of carbonyl (C=O) groups is 2. The van der Waals surface area contributed by atoms with Crippen molar-refractivity contribution in [3.63, 3.8) is 0 Å². The zero-order valence-electron chi connectivity index (χ0n) is 12.6. The second kappa shape index (κ2) is 7.87. The second-order valence-electron chi connectivity index (χ2n) is 5.32. The zero-order chi connectivity index (χ0) is 17.7. The van der Waals surface area contributed by atoms with Gasteiger partial charge in [-0.15, -0.1) is 11.8 Å². The molecule has 0 saturated carbocycles. The van der Waals surface area contributed by atoms with Crippen LogP contribution in [0.1, 0.15) is 12.8 Å². The maximum atomic E-state index is 12.8. The Balaban J connectivity index is 1.88. The summed E-state index contributed by atoms with van der Waals surface area (Å²) in [5.74, 6) is -1.46. The molecule has 0 aliphatic carbocycles. The first-order chi connectivity index (χ1) is 11.3. The van der Waals surface area contributed by atoms with Crippen LogP contribution in [0.4, 0.5) is 17.6 Å². The molecule has 1 aliphatic heterocycles. The molecule has 1 heterocycles. The molecule has 1 unspecified atom stereocenters. The summed E-state index contributed by atoms with van der Waals surface area (Å²) in [5, 5.41) is 1.82. The van der Waals surface area contributed by atoms with E-state index in [9.17, 15) is 27.2 Å². The highest BCUT2D eigenvalue weighted by Crippen LogP contribution is 2.23. The smallest absolute Gasteiger partial charge is 0.345 e. The molecular formula is C15H16F4N2O2S. The molecule has 24 heavy (non-hydrogen) atoms. The molecule has 0 radical (unpaired) electrons. The standard InChI is InChI=1S/C15H16F4N2O2S/c16-10-3-5-11(6-4-10)24-8-13(22)21-7-1-2-12(21)14(23)20-9-15(17,18)19/h3-6,12H,1-2,7-9H2,(H,20,23). The van der Waals surface area contributed by atoms with Crippen LogP contribution in [0, 0.1) is 5.82 Å². The van der Waals surface area contributed by atoms with Gasteiger partial charge in [0.15, 0.2) is 0 Å². The molecular weight excluding hydrogens is 348 g/mol. The van der Waals surface area contributed by atoms with Crippen molar-refractivity contribution in [2.24, 2.45) is 0 Å². The van der Waals surface area contributed by atoms with E-state index in [2.05, 4.69) is 0 Å². The molecule has 9 heteroatoms. The molecule has 0 bridgehead atoms. The van der Waals surface area contributed by atoms with Crippen LogP contribution in [0.2, 0.25) is 0 Å². The number of alkyl halides is 3. The third kappa shape index (κ3) is 5.40. The first-order valence-electron chi connectivity index (χ1n) is 7.28. The van der Waals surface area contributed by atoms with Crippen LogP contribution in [0.25, 0.3) is 0 Å². The van der Waals surface area contributed by atoms with Gasteiger partial charge in [0.2, 0.25) is 11.8 Å². The molecule has 2 rings (SSSR count). The van der Waals surface area contributed by atoms with Crippen LogP contribution in [-0.2, 0) is 9.59 Å². The van der Waals surface area contributed by atoms with E-state index in [4.69, 9.17) is 0 Å². The topological polar surface area (TPSA) is 49.4 Å². The van der Waals surface area contributed by atoms with Crippen LogP contribution >= 0.6 is 11.8 Å². The van der Waals surface area contributed by atoms with Crippen LogP contribution in [0.5, 0.6) is 0 Å². The van der Waals surface area contributed by atoms with Crippen molar-refractivity contribution in [1.29, 1.82) is 0 Å². The summed E-state index contributed by atoms with van der Waals surface area (Å²) in [6.45, 7) is -1.07. The fraction of sp³-hybridized carbons (Fsp3) is 0.467. The lowest BCUT2D eigenvalue weighted by atomic mass is 10.2. The van der Waals surface area contributed by atoms with Crippen LogP contribution in [0.3, 0.4) is 0 Å². The number of likely N-dealkylation sites (tertiary alicyclic amines) is 1. The molecule has 2 amide bonds. The molecule has 1 aromatic rings. The van der Waals surface area contributed by atoms with Gasteiger partial charge in [0.05, 0.1) is 5.75 Å². The molecule has 1 aliphatic rings. The van der Waals surface area contributed by atoms with Crippen molar-refractivity contribution < 1.29 is 27.2 Å². The molecule has 1 saturated heterocycles. The molecule has 1 fully saturated rings. The van der Waals surface area contributed by atoms with E-state index in [-0.39, 0.29) is 17.5 Å². The van der Waals surface area contributed by atoms with Crippen molar-refractivity contribution in [2.75, 3.05) is 18.8 Å². The minimum atomic E-state index is -4.48. The lowest BCUT2D eigenvalue weighted by Crippen LogP contribution is -2.48. The monoisotopic (exact) mass is 364 g/mol. The fourth-order valence-electron chi connectivity index (χ4n) is 2.40. The van der Waals surface area contributed by atoms with Gasteiger partial charge in [0.25, 0.3) is 0 Å². The Morgan fingerprint density at radius 1 is 1.25 bits per heavy atom. The summed E-state index contributed by atoms with van der Waals surface area (Å²) in [6.07, 6.45) is -3.57. The highest BCUT2D eigenvalue weighted by molar-refractivity contribution is 8.00. The summed E-state index contributed by atoms with van der Waals surface area (Å²) in [5.41, 5.74) is 0. The zero-order valence-corrected chi connectivity index (χ0v) is 13.4. The summed E-state index contributed by atoms with van der Waals surface area (Å²) in [7, 11) is 0. The lowest BCUT2D eigenvalue weighted by Gasteiger charge is -2.24. The number of amides is 2. The average molecular weight is 364 g/mol. The number of nitrogens with one attached hydrogen (secondary N) is 1. The number of carbonyl (C=O) groups excluding carboxylic acids is 2. The summed E-state index contributed by atoms with van der Waals surface area (Å²) in [6, 6.07) is 4.75. The van der Waals surface area contributed by atoms with E-state index in [1.807, 2.05) is 5.32 Å². The Morgan fingerprint density at radius 3 is 2.54 bits per heavy atom. The van der Waals surface area contributed by atoms with Gasteiger partial charge in [-0.3, -0.25) is 9.59 Å². The maximum absolute atomic E-state index is 12.8. The number of thioether (sulfide) groups is 1. The number of nitrogens with zero attached hydrogens (tertiary/aromatic N) is 1. The summed E-state index contributed by atoms with van der Waals surface area (Å²) < 4.78 is 49.3. The van der Waals surface area contributed by atoms with Gasteiger partial charge in [-0.2, -0.15) is 13.2 Å². The normalized spacial score (nSPS) is 17.8. The largest absolute Gasteiger partial charge is 0.405 e. The highest BCUT2D eigenvalue weighted by atomic mass is 32.2. The molecule has 1 atom stereocenters. The predicted octanol–water partition coefficient (Wildman–Crippen LogP) is 2.59. The minimum absolute atomic E-state index is 0.0364. The van der Waals surface area contributed by atoms with Crippen molar-refractivity contribution in [3.05, 3.63) is 30.1 Å². The van der Waals surface area contributed by atoms with Crippen LogP contribution in [0.15, 0.2) is 29.2 Å². The van der Waals surface area contributed by atoms with E-state index >= 15 is 0 Å². The summed E-state index contributed by atoms with van der Waals surface area (Å²) >= 11 is 1.19. The van der Waals surface area contributed by atoms with E-state index in [0.29, 0.717) is 24.3 Å². The number of rotatable bonds is 5. The maximum Gasteiger partial charge on any atom is 0.405 e. The lowest BCUT2D eigenvalue weighted by molar-refractivity contribution is -0.144. The van der Waals surface area contributed by atoms with Crippen LogP contribution < -0.4 is 5.32 Å². The van der Waals surface area contributed by atoms with Crippen molar-refractivity contribution in [3.8, 4) is 0 Å². The van der Waals surface area contributed by atoms with E-state index in [1.165, 1.54) is 40.9 Å². The number of hydrogen-bond donors (Lipinski definition) is 1. The molecule has 4 nitrogen and oxygen atoms in total. The second-order valence-corrected chi connectivity index (χ2v) is 6.37. The van der Waals surface area contributed by atoms with Crippen molar-refractivity contribution in [1.82, 2.24) is 10.2 Å². The number of benzene rings is 1. The minimum Gasteiger partial charge on any atom is -0.345 e. The summed E-state index contributed by atoms with van der Waals surface area (Å²) in [4.78, 5) is 26.1. The SMILES string of the molecule is O=C(NCC(F)(F)F)C1CCCN1C(=O)CSc1ccc(F)cc1. The Bertz CT molecular complexity index is 592.